The molecule has 2 amide bonds. The highest BCUT2D eigenvalue weighted by Crippen LogP contribution is 2.21. The van der Waals surface area contributed by atoms with Gasteiger partial charge in [-0.3, -0.25) is 9.59 Å². The SMILES string of the molecule is CCN(CC)S(=O)(=O)c1ccc(C)c(C(=O)Nc2ccc(C(N)=O)c(C)c2)c1. The van der Waals surface area contributed by atoms with Crippen LogP contribution in [-0.2, 0) is 10.0 Å². The Labute approximate surface area is 165 Å². The number of sulfonamides is 1. The van der Waals surface area contributed by atoms with Crippen molar-refractivity contribution in [1.82, 2.24) is 4.31 Å². The van der Waals surface area contributed by atoms with Gasteiger partial charge in [0.15, 0.2) is 0 Å². The molecule has 0 bridgehead atoms. The number of rotatable bonds is 7. The number of aryl methyl sites for hydroxylation is 2. The zero-order chi connectivity index (χ0) is 21.1. The molecule has 0 fully saturated rings. The molecule has 28 heavy (non-hydrogen) atoms. The molecule has 0 saturated carbocycles. The Kier molecular flexibility index (Phi) is 6.58. The Morgan fingerprint density at radius 2 is 1.61 bits per heavy atom. The van der Waals surface area contributed by atoms with Crippen LogP contribution >= 0.6 is 0 Å². The fourth-order valence-electron chi connectivity index (χ4n) is 2.94. The molecule has 0 heterocycles. The Morgan fingerprint density at radius 3 is 2.14 bits per heavy atom. The number of nitrogens with two attached hydrogens (primary N) is 1. The Bertz CT molecular complexity index is 1010. The summed E-state index contributed by atoms with van der Waals surface area (Å²) >= 11 is 0. The van der Waals surface area contributed by atoms with Gasteiger partial charge >= 0.3 is 0 Å². The van der Waals surface area contributed by atoms with Gasteiger partial charge in [-0.25, -0.2) is 8.42 Å². The lowest BCUT2D eigenvalue weighted by atomic mass is 10.1. The lowest BCUT2D eigenvalue weighted by Gasteiger charge is -2.19. The van der Waals surface area contributed by atoms with E-state index in [1.165, 1.54) is 16.4 Å². The summed E-state index contributed by atoms with van der Waals surface area (Å²) in [5.74, 6) is -0.971. The van der Waals surface area contributed by atoms with Crippen molar-refractivity contribution in [3.63, 3.8) is 0 Å². The zero-order valence-electron chi connectivity index (χ0n) is 16.4. The lowest BCUT2D eigenvalue weighted by molar-refractivity contribution is 0.0997. The highest BCUT2D eigenvalue weighted by Gasteiger charge is 2.23. The molecule has 0 atom stereocenters. The van der Waals surface area contributed by atoms with Crippen LogP contribution < -0.4 is 11.1 Å². The number of primary amides is 1. The van der Waals surface area contributed by atoms with Crippen molar-refractivity contribution in [3.05, 3.63) is 58.7 Å². The number of nitrogens with zero attached hydrogens (tertiary/aromatic N) is 1. The number of carbonyl (C=O) groups excluding carboxylic acids is 2. The van der Waals surface area contributed by atoms with Gasteiger partial charge in [0.2, 0.25) is 15.9 Å². The molecule has 0 aromatic heterocycles. The largest absolute Gasteiger partial charge is 0.366 e. The minimum absolute atomic E-state index is 0.0761. The van der Waals surface area contributed by atoms with Crippen molar-refractivity contribution in [1.29, 1.82) is 0 Å². The van der Waals surface area contributed by atoms with Crippen LogP contribution in [0.15, 0.2) is 41.3 Å². The fourth-order valence-corrected chi connectivity index (χ4v) is 4.42. The third-order valence-corrected chi connectivity index (χ3v) is 6.59. The average molecular weight is 404 g/mol. The van der Waals surface area contributed by atoms with Crippen molar-refractivity contribution in [3.8, 4) is 0 Å². The van der Waals surface area contributed by atoms with Crippen LogP contribution in [0, 0.1) is 13.8 Å². The first kappa shape index (κ1) is 21.6. The van der Waals surface area contributed by atoms with Crippen LogP contribution in [-0.4, -0.2) is 37.6 Å². The predicted molar refractivity (Wildman–Crippen MR) is 109 cm³/mol. The average Bonchev–Trinajstić information content (AvgIpc) is 2.62. The Hall–Kier alpha value is -2.71. The van der Waals surface area contributed by atoms with E-state index in [4.69, 9.17) is 5.73 Å². The Morgan fingerprint density at radius 1 is 0.964 bits per heavy atom. The second-order valence-corrected chi connectivity index (χ2v) is 8.35. The smallest absolute Gasteiger partial charge is 0.255 e. The third-order valence-electron chi connectivity index (χ3n) is 4.55. The Balaban J connectivity index is 2.36. The number of hydrogen-bond donors (Lipinski definition) is 2. The highest BCUT2D eigenvalue weighted by molar-refractivity contribution is 7.89. The second kappa shape index (κ2) is 8.53. The molecule has 0 radical (unpaired) electrons. The number of carbonyl (C=O) groups is 2. The molecular formula is C20H25N3O4S. The number of hydrogen-bond acceptors (Lipinski definition) is 4. The summed E-state index contributed by atoms with van der Waals surface area (Å²) in [6.07, 6.45) is 0. The third kappa shape index (κ3) is 4.40. The van der Waals surface area contributed by atoms with Gasteiger partial charge in [-0.2, -0.15) is 4.31 Å². The van der Waals surface area contributed by atoms with Gasteiger partial charge in [0.1, 0.15) is 0 Å². The maximum atomic E-state index is 12.7. The molecule has 2 aromatic carbocycles. The van der Waals surface area contributed by atoms with Crippen LogP contribution in [0.1, 0.15) is 45.7 Å². The van der Waals surface area contributed by atoms with Gasteiger partial charge in [0, 0.05) is 29.9 Å². The molecule has 0 aliphatic rings. The minimum Gasteiger partial charge on any atom is -0.366 e. The van der Waals surface area contributed by atoms with E-state index in [2.05, 4.69) is 5.32 Å². The van der Waals surface area contributed by atoms with Gasteiger partial charge < -0.3 is 11.1 Å². The molecule has 0 aliphatic heterocycles. The van der Waals surface area contributed by atoms with E-state index in [-0.39, 0.29) is 10.5 Å². The van der Waals surface area contributed by atoms with Crippen molar-refractivity contribution in [2.75, 3.05) is 18.4 Å². The molecule has 3 N–H and O–H groups in total. The van der Waals surface area contributed by atoms with Gasteiger partial charge in [-0.1, -0.05) is 19.9 Å². The summed E-state index contributed by atoms with van der Waals surface area (Å²) in [6, 6.07) is 9.28. The van der Waals surface area contributed by atoms with E-state index in [9.17, 15) is 18.0 Å². The molecule has 0 unspecified atom stereocenters. The molecular weight excluding hydrogens is 378 g/mol. The molecule has 2 aromatic rings. The summed E-state index contributed by atoms with van der Waals surface area (Å²) in [7, 11) is -3.67. The van der Waals surface area contributed by atoms with E-state index in [1.54, 1.807) is 52.0 Å². The van der Waals surface area contributed by atoms with E-state index < -0.39 is 21.8 Å². The van der Waals surface area contributed by atoms with Crippen molar-refractivity contribution >= 4 is 27.5 Å². The number of benzene rings is 2. The second-order valence-electron chi connectivity index (χ2n) is 6.41. The zero-order valence-corrected chi connectivity index (χ0v) is 17.3. The first-order valence-electron chi connectivity index (χ1n) is 8.94. The molecule has 150 valence electrons. The number of anilines is 1. The highest BCUT2D eigenvalue weighted by atomic mass is 32.2. The van der Waals surface area contributed by atoms with Crippen molar-refractivity contribution < 1.29 is 18.0 Å². The maximum absolute atomic E-state index is 12.7. The molecule has 7 nitrogen and oxygen atoms in total. The standard InChI is InChI=1S/C20H25N3O4S/c1-5-23(6-2)28(26,27)16-9-7-13(3)18(12-16)20(25)22-15-8-10-17(19(21)24)14(4)11-15/h7-12H,5-6H2,1-4H3,(H2,21,24)(H,22,25). The summed E-state index contributed by atoms with van der Waals surface area (Å²) < 4.78 is 26.8. The maximum Gasteiger partial charge on any atom is 0.255 e. The fraction of sp³-hybridized carbons (Fsp3) is 0.300. The van der Waals surface area contributed by atoms with Gasteiger partial charge in [0.05, 0.1) is 4.90 Å². The summed E-state index contributed by atoms with van der Waals surface area (Å²) in [4.78, 5) is 24.1. The van der Waals surface area contributed by atoms with Crippen molar-refractivity contribution in [2.45, 2.75) is 32.6 Å². The van der Waals surface area contributed by atoms with E-state index >= 15 is 0 Å². The van der Waals surface area contributed by atoms with E-state index in [1.807, 2.05) is 0 Å². The quantitative estimate of drug-likeness (QED) is 0.740. The van der Waals surface area contributed by atoms with Gasteiger partial charge in [-0.05, 0) is 55.3 Å². The van der Waals surface area contributed by atoms with Crippen LogP contribution in [0.3, 0.4) is 0 Å². The van der Waals surface area contributed by atoms with Crippen LogP contribution in [0.4, 0.5) is 5.69 Å². The van der Waals surface area contributed by atoms with Crippen molar-refractivity contribution in [2.24, 2.45) is 5.73 Å². The van der Waals surface area contributed by atoms with E-state index in [0.29, 0.717) is 35.5 Å². The van der Waals surface area contributed by atoms with Crippen LogP contribution in [0.2, 0.25) is 0 Å². The first-order chi connectivity index (χ1) is 13.1. The normalized spacial score (nSPS) is 11.5. The molecule has 0 aliphatic carbocycles. The number of nitrogens with one attached hydrogen (secondary N) is 1. The number of amides is 2. The predicted octanol–water partition coefficient (Wildman–Crippen LogP) is 2.69. The monoisotopic (exact) mass is 403 g/mol. The molecule has 0 saturated heterocycles. The summed E-state index contributed by atoms with van der Waals surface area (Å²) in [5, 5.41) is 2.74. The molecule has 8 heteroatoms. The lowest BCUT2D eigenvalue weighted by Crippen LogP contribution is -2.30. The van der Waals surface area contributed by atoms with Crippen LogP contribution in [0.5, 0.6) is 0 Å². The van der Waals surface area contributed by atoms with Crippen LogP contribution in [0.25, 0.3) is 0 Å². The topological polar surface area (TPSA) is 110 Å². The summed E-state index contributed by atoms with van der Waals surface area (Å²) in [5.41, 5.74) is 7.72. The molecule has 0 spiro atoms. The van der Waals surface area contributed by atoms with Gasteiger partial charge in [0.25, 0.3) is 5.91 Å². The molecule has 2 rings (SSSR count). The minimum atomic E-state index is -3.67. The van der Waals surface area contributed by atoms with Gasteiger partial charge in [-0.15, -0.1) is 0 Å². The summed E-state index contributed by atoms with van der Waals surface area (Å²) in [6.45, 7) is 7.68. The van der Waals surface area contributed by atoms with E-state index in [0.717, 1.165) is 0 Å². The first-order valence-corrected chi connectivity index (χ1v) is 10.4.